The first-order valence-electron chi connectivity index (χ1n) is 5.13. The second-order valence-electron chi connectivity index (χ2n) is 3.49. The van der Waals surface area contributed by atoms with Crippen LogP contribution >= 0.6 is 0 Å². The molecule has 0 aromatic heterocycles. The first-order chi connectivity index (χ1) is 7.16. The average Bonchev–Trinajstić information content (AvgIpc) is 2.25. The molecule has 0 saturated carbocycles. The lowest BCUT2D eigenvalue weighted by Gasteiger charge is -2.05. The molecule has 80 valence electrons. The van der Waals surface area contributed by atoms with Crippen molar-refractivity contribution in [2.24, 2.45) is 0 Å². The van der Waals surface area contributed by atoms with Crippen LogP contribution in [0.5, 0.6) is 0 Å². The number of hydrogen-bond donors (Lipinski definition) is 0. The number of carbonyl (C=O) groups excluding carboxylic acids is 1. The van der Waals surface area contributed by atoms with Crippen molar-refractivity contribution in [3.05, 3.63) is 42.2 Å². The average molecular weight is 206 g/mol. The van der Waals surface area contributed by atoms with E-state index in [4.69, 9.17) is 0 Å². The molecular weight excluding hydrogens is 191 g/mol. The number of hydrogen-bond acceptors (Lipinski definition) is 1. The Labute approximate surface area is 89.6 Å². The van der Waals surface area contributed by atoms with Gasteiger partial charge in [-0.15, -0.1) is 0 Å². The Hall–Kier alpha value is -1.44. The van der Waals surface area contributed by atoms with Gasteiger partial charge in [-0.1, -0.05) is 38.1 Å². The van der Waals surface area contributed by atoms with E-state index in [1.165, 1.54) is 6.07 Å². The maximum Gasteiger partial charge on any atom is 0.162 e. The lowest BCUT2D eigenvalue weighted by molar-refractivity contribution is -0.113. The summed E-state index contributed by atoms with van der Waals surface area (Å²) in [5.41, 5.74) is 0.597. The monoisotopic (exact) mass is 206 g/mol. The third kappa shape index (κ3) is 3.01. The fourth-order valence-corrected chi connectivity index (χ4v) is 1.34. The molecule has 1 nitrogen and oxygen atoms in total. The van der Waals surface area contributed by atoms with Gasteiger partial charge < -0.3 is 0 Å². The number of rotatable bonds is 5. The molecule has 0 atom stereocenters. The predicted octanol–water partition coefficient (Wildman–Crippen LogP) is 3.60. The van der Waals surface area contributed by atoms with Crippen LogP contribution in [0, 0.1) is 5.82 Å². The van der Waals surface area contributed by atoms with Gasteiger partial charge in [-0.25, -0.2) is 4.39 Å². The summed E-state index contributed by atoms with van der Waals surface area (Å²) in [6.45, 7) is 5.66. The van der Waals surface area contributed by atoms with E-state index in [9.17, 15) is 9.18 Å². The van der Waals surface area contributed by atoms with Crippen molar-refractivity contribution in [3.8, 4) is 0 Å². The van der Waals surface area contributed by atoms with Crippen LogP contribution in [-0.2, 0) is 4.79 Å². The largest absolute Gasteiger partial charge is 0.294 e. The molecule has 0 radical (unpaired) electrons. The van der Waals surface area contributed by atoms with Gasteiger partial charge in [-0.05, 0) is 12.5 Å². The summed E-state index contributed by atoms with van der Waals surface area (Å²) < 4.78 is 13.3. The van der Waals surface area contributed by atoms with E-state index >= 15 is 0 Å². The molecule has 0 aliphatic carbocycles. The smallest absolute Gasteiger partial charge is 0.162 e. The minimum absolute atomic E-state index is 0.0676. The molecule has 0 saturated heterocycles. The van der Waals surface area contributed by atoms with E-state index in [0.29, 0.717) is 12.0 Å². The van der Waals surface area contributed by atoms with Crippen molar-refractivity contribution in [2.45, 2.75) is 26.2 Å². The number of allylic oxidation sites excluding steroid dienone is 1. The number of ketones is 1. The molecule has 0 bridgehead atoms. The number of halogens is 1. The molecule has 0 spiro atoms. The van der Waals surface area contributed by atoms with Gasteiger partial charge in [0.15, 0.2) is 5.78 Å². The van der Waals surface area contributed by atoms with Gasteiger partial charge in [0, 0.05) is 17.6 Å². The fourth-order valence-electron chi connectivity index (χ4n) is 1.34. The summed E-state index contributed by atoms with van der Waals surface area (Å²) in [6, 6.07) is 6.23. The highest BCUT2D eigenvalue weighted by molar-refractivity contribution is 6.19. The molecular formula is C13H15FO. The zero-order valence-corrected chi connectivity index (χ0v) is 8.92. The van der Waals surface area contributed by atoms with Crippen molar-refractivity contribution in [1.29, 1.82) is 0 Å². The van der Waals surface area contributed by atoms with Crippen LogP contribution in [0.1, 0.15) is 31.7 Å². The van der Waals surface area contributed by atoms with Crippen LogP contribution in [0.2, 0.25) is 0 Å². The Morgan fingerprint density at radius 2 is 2.07 bits per heavy atom. The fraction of sp³-hybridized carbons (Fsp3) is 0.308. The summed E-state index contributed by atoms with van der Waals surface area (Å²) in [5, 5.41) is 0. The van der Waals surface area contributed by atoms with Gasteiger partial charge in [0.2, 0.25) is 0 Å². The molecule has 1 aromatic carbocycles. The standard InChI is InChI=1S/C13H15FO/c1-3-4-9-13(15)10(2)11-7-5-6-8-12(11)14/h5-8H,2-4,9H2,1H3. The van der Waals surface area contributed by atoms with Crippen LogP contribution in [0.15, 0.2) is 30.8 Å². The molecule has 0 aliphatic heterocycles. The summed E-state index contributed by atoms with van der Waals surface area (Å²) in [6.07, 6.45) is 2.23. The quantitative estimate of drug-likeness (QED) is 0.673. The van der Waals surface area contributed by atoms with Gasteiger partial charge >= 0.3 is 0 Å². The number of unbranched alkanes of at least 4 members (excludes halogenated alkanes) is 1. The van der Waals surface area contributed by atoms with E-state index in [1.807, 2.05) is 6.92 Å². The van der Waals surface area contributed by atoms with E-state index < -0.39 is 0 Å². The zero-order chi connectivity index (χ0) is 11.3. The summed E-state index contributed by atoms with van der Waals surface area (Å²) in [7, 11) is 0. The van der Waals surface area contributed by atoms with Crippen molar-refractivity contribution in [3.63, 3.8) is 0 Å². The Kier molecular flexibility index (Phi) is 4.22. The summed E-state index contributed by atoms with van der Waals surface area (Å²) in [4.78, 5) is 11.6. The number of benzene rings is 1. The third-order valence-electron chi connectivity index (χ3n) is 2.29. The van der Waals surface area contributed by atoms with Gasteiger partial charge in [0.25, 0.3) is 0 Å². The zero-order valence-electron chi connectivity index (χ0n) is 8.92. The van der Waals surface area contributed by atoms with E-state index in [2.05, 4.69) is 6.58 Å². The SMILES string of the molecule is C=C(C(=O)CCCC)c1ccccc1F. The van der Waals surface area contributed by atoms with E-state index in [1.54, 1.807) is 18.2 Å². The topological polar surface area (TPSA) is 17.1 Å². The minimum atomic E-state index is -0.382. The lowest BCUT2D eigenvalue weighted by Crippen LogP contribution is -2.02. The Balaban J connectivity index is 2.77. The van der Waals surface area contributed by atoms with Crippen LogP contribution in [0.3, 0.4) is 0 Å². The molecule has 2 heteroatoms. The normalized spacial score (nSPS) is 10.0. The molecule has 0 N–H and O–H groups in total. The van der Waals surface area contributed by atoms with Crippen molar-refractivity contribution in [2.75, 3.05) is 0 Å². The van der Waals surface area contributed by atoms with Gasteiger partial charge in [0.05, 0.1) is 0 Å². The molecule has 1 rings (SSSR count). The van der Waals surface area contributed by atoms with Crippen LogP contribution in [0.4, 0.5) is 4.39 Å². The molecule has 0 unspecified atom stereocenters. The summed E-state index contributed by atoms with van der Waals surface area (Å²) in [5.74, 6) is -0.450. The molecule has 0 heterocycles. The highest BCUT2D eigenvalue weighted by atomic mass is 19.1. The van der Waals surface area contributed by atoms with Crippen LogP contribution < -0.4 is 0 Å². The molecule has 1 aromatic rings. The maximum absolute atomic E-state index is 13.3. The Morgan fingerprint density at radius 3 is 2.67 bits per heavy atom. The first-order valence-corrected chi connectivity index (χ1v) is 5.13. The predicted molar refractivity (Wildman–Crippen MR) is 60.0 cm³/mol. The van der Waals surface area contributed by atoms with Crippen molar-refractivity contribution < 1.29 is 9.18 Å². The third-order valence-corrected chi connectivity index (χ3v) is 2.29. The molecule has 0 amide bonds. The lowest BCUT2D eigenvalue weighted by atomic mass is 10.00. The second kappa shape index (κ2) is 5.44. The number of Topliss-reactive ketones (excluding diaryl/α,β-unsaturated/α-hetero) is 1. The van der Waals surface area contributed by atoms with Crippen LogP contribution in [0.25, 0.3) is 5.57 Å². The Morgan fingerprint density at radius 1 is 1.40 bits per heavy atom. The van der Waals surface area contributed by atoms with E-state index in [-0.39, 0.29) is 17.2 Å². The Bertz CT molecular complexity index is 369. The highest BCUT2D eigenvalue weighted by Gasteiger charge is 2.12. The van der Waals surface area contributed by atoms with Gasteiger partial charge in [0.1, 0.15) is 5.82 Å². The van der Waals surface area contributed by atoms with E-state index in [0.717, 1.165) is 12.8 Å². The molecule has 15 heavy (non-hydrogen) atoms. The highest BCUT2D eigenvalue weighted by Crippen LogP contribution is 2.19. The van der Waals surface area contributed by atoms with Gasteiger partial charge in [-0.2, -0.15) is 0 Å². The minimum Gasteiger partial charge on any atom is -0.294 e. The first kappa shape index (κ1) is 11.6. The van der Waals surface area contributed by atoms with Crippen LogP contribution in [-0.4, -0.2) is 5.78 Å². The summed E-state index contributed by atoms with van der Waals surface area (Å²) >= 11 is 0. The molecule has 0 aliphatic rings. The number of carbonyl (C=O) groups is 1. The van der Waals surface area contributed by atoms with Crippen molar-refractivity contribution >= 4 is 11.4 Å². The second-order valence-corrected chi connectivity index (χ2v) is 3.49. The van der Waals surface area contributed by atoms with Gasteiger partial charge in [-0.3, -0.25) is 4.79 Å². The van der Waals surface area contributed by atoms with Crippen molar-refractivity contribution in [1.82, 2.24) is 0 Å². The maximum atomic E-state index is 13.3. The molecule has 0 fully saturated rings.